The van der Waals surface area contributed by atoms with Crippen molar-refractivity contribution in [3.8, 4) is 17.0 Å². The number of methoxy groups -OCH3 is 1. The van der Waals surface area contributed by atoms with Gasteiger partial charge in [0.05, 0.1) is 18.5 Å². The van der Waals surface area contributed by atoms with E-state index in [1.54, 1.807) is 30.2 Å². The monoisotopic (exact) mass is 516 g/mol. The number of hydrogen-bond donors (Lipinski definition) is 2. The standard InChI is InChI=1S/C28H25FN4O3S/c1-30-28-32-23(16-37-28)18-8-12-25(36-2)22(15-18)31-26(34)20-7-11-24-19(14-20)4-3-13-33(24)27(35)17-5-9-21(29)10-6-17/h5-12,14-16H,3-4,13H2,1-2H3,(H,30,32)(H,31,34). The quantitative estimate of drug-likeness (QED) is 0.336. The maximum Gasteiger partial charge on any atom is 0.258 e. The lowest BCUT2D eigenvalue weighted by molar-refractivity contribution is 0.0984. The van der Waals surface area contributed by atoms with Crippen LogP contribution in [0.25, 0.3) is 11.3 Å². The van der Waals surface area contributed by atoms with Gasteiger partial charge in [-0.1, -0.05) is 0 Å². The van der Waals surface area contributed by atoms with E-state index in [2.05, 4.69) is 15.6 Å². The summed E-state index contributed by atoms with van der Waals surface area (Å²) in [5, 5.41) is 8.74. The highest BCUT2D eigenvalue weighted by atomic mass is 32.1. The average molecular weight is 517 g/mol. The van der Waals surface area contributed by atoms with E-state index in [9.17, 15) is 14.0 Å². The van der Waals surface area contributed by atoms with Crippen molar-refractivity contribution in [3.05, 3.63) is 88.6 Å². The molecule has 0 aliphatic carbocycles. The zero-order valence-corrected chi connectivity index (χ0v) is 21.2. The Morgan fingerprint density at radius 3 is 2.57 bits per heavy atom. The molecule has 0 unspecified atom stereocenters. The van der Waals surface area contributed by atoms with Crippen molar-refractivity contribution >= 4 is 39.7 Å². The molecule has 4 aromatic rings. The molecule has 0 atom stereocenters. The highest BCUT2D eigenvalue weighted by Gasteiger charge is 2.25. The lowest BCUT2D eigenvalue weighted by atomic mass is 9.98. The summed E-state index contributed by atoms with van der Waals surface area (Å²) in [7, 11) is 3.37. The number of halogens is 1. The molecule has 1 aliphatic heterocycles. The number of aryl methyl sites for hydroxylation is 1. The van der Waals surface area contributed by atoms with E-state index in [1.165, 1.54) is 35.6 Å². The largest absolute Gasteiger partial charge is 0.495 e. The molecule has 0 fully saturated rings. The molecule has 0 bridgehead atoms. The van der Waals surface area contributed by atoms with Gasteiger partial charge in [0.15, 0.2) is 5.13 Å². The summed E-state index contributed by atoms with van der Waals surface area (Å²) < 4.78 is 18.8. The van der Waals surface area contributed by atoms with Crippen LogP contribution in [0.3, 0.4) is 0 Å². The van der Waals surface area contributed by atoms with Crippen LogP contribution in [0.15, 0.2) is 66.0 Å². The lowest BCUT2D eigenvalue weighted by Crippen LogP contribution is -2.35. The number of aromatic nitrogens is 1. The van der Waals surface area contributed by atoms with Gasteiger partial charge in [-0.25, -0.2) is 9.37 Å². The second kappa shape index (κ2) is 10.4. The number of nitrogens with zero attached hydrogens (tertiary/aromatic N) is 2. The Kier molecular flexibility index (Phi) is 6.87. The van der Waals surface area contributed by atoms with Crippen molar-refractivity contribution < 1.29 is 18.7 Å². The molecule has 0 radical (unpaired) electrons. The van der Waals surface area contributed by atoms with Gasteiger partial charge >= 0.3 is 0 Å². The first-order valence-corrected chi connectivity index (χ1v) is 12.7. The van der Waals surface area contributed by atoms with Gasteiger partial charge in [-0.15, -0.1) is 11.3 Å². The second-order valence-corrected chi connectivity index (χ2v) is 9.43. The van der Waals surface area contributed by atoms with Gasteiger partial charge < -0.3 is 20.3 Å². The third kappa shape index (κ3) is 5.03. The number of carbonyl (C=O) groups is 2. The molecular weight excluding hydrogens is 491 g/mol. The summed E-state index contributed by atoms with van der Waals surface area (Å²) in [6.45, 7) is 0.560. The first-order chi connectivity index (χ1) is 18.0. The van der Waals surface area contributed by atoms with Crippen LogP contribution in [0.2, 0.25) is 0 Å². The highest BCUT2D eigenvalue weighted by Crippen LogP contribution is 2.33. The maximum absolute atomic E-state index is 13.3. The fraction of sp³-hybridized carbons (Fsp3) is 0.179. The van der Waals surface area contributed by atoms with E-state index in [1.807, 2.05) is 30.6 Å². The Labute approximate surface area is 217 Å². The lowest BCUT2D eigenvalue weighted by Gasteiger charge is -2.30. The van der Waals surface area contributed by atoms with Crippen LogP contribution in [0.1, 0.15) is 32.7 Å². The molecule has 2 N–H and O–H groups in total. The number of nitrogens with one attached hydrogen (secondary N) is 2. The molecule has 2 amide bonds. The molecule has 3 aromatic carbocycles. The average Bonchev–Trinajstić information content (AvgIpc) is 3.42. The zero-order chi connectivity index (χ0) is 25.9. The van der Waals surface area contributed by atoms with Gasteiger partial charge in [0, 0.05) is 41.4 Å². The normalized spacial score (nSPS) is 12.6. The molecule has 2 heterocycles. The number of amides is 2. The van der Waals surface area contributed by atoms with Crippen LogP contribution < -0.4 is 20.3 Å². The Hall–Kier alpha value is -4.24. The van der Waals surface area contributed by atoms with Crippen molar-refractivity contribution in [3.63, 3.8) is 0 Å². The van der Waals surface area contributed by atoms with E-state index in [0.717, 1.165) is 40.5 Å². The molecule has 1 aliphatic rings. The SMILES string of the molecule is CNc1nc(-c2ccc(OC)c(NC(=O)c3ccc4c(c3)CCCN4C(=O)c3ccc(F)cc3)c2)cs1. The van der Waals surface area contributed by atoms with Gasteiger partial charge in [-0.3, -0.25) is 9.59 Å². The minimum absolute atomic E-state index is 0.192. The van der Waals surface area contributed by atoms with Crippen LogP contribution in [-0.4, -0.2) is 37.5 Å². The summed E-state index contributed by atoms with van der Waals surface area (Å²) in [5.74, 6) is -0.324. The summed E-state index contributed by atoms with van der Waals surface area (Å²) in [6.07, 6.45) is 1.52. The molecule has 1 aromatic heterocycles. The number of rotatable bonds is 6. The van der Waals surface area contributed by atoms with Crippen molar-refractivity contribution in [2.75, 3.05) is 36.2 Å². The van der Waals surface area contributed by atoms with Crippen molar-refractivity contribution in [2.45, 2.75) is 12.8 Å². The van der Waals surface area contributed by atoms with Gasteiger partial charge in [0.25, 0.3) is 11.8 Å². The maximum atomic E-state index is 13.3. The molecule has 0 saturated carbocycles. The van der Waals surface area contributed by atoms with Gasteiger partial charge in [0.1, 0.15) is 11.6 Å². The summed E-state index contributed by atoms with van der Waals surface area (Å²) in [4.78, 5) is 32.5. The van der Waals surface area contributed by atoms with Crippen LogP contribution in [0.4, 0.5) is 20.9 Å². The molecule has 37 heavy (non-hydrogen) atoms. The molecular formula is C28H25FN4O3S. The van der Waals surface area contributed by atoms with Crippen molar-refractivity contribution in [1.29, 1.82) is 0 Å². The zero-order valence-electron chi connectivity index (χ0n) is 20.4. The molecule has 188 valence electrons. The topological polar surface area (TPSA) is 83.6 Å². The molecule has 7 nitrogen and oxygen atoms in total. The Morgan fingerprint density at radius 1 is 1.05 bits per heavy atom. The fourth-order valence-electron chi connectivity index (χ4n) is 4.38. The van der Waals surface area contributed by atoms with Crippen LogP contribution in [0, 0.1) is 5.82 Å². The third-order valence-electron chi connectivity index (χ3n) is 6.26. The molecule has 0 saturated heterocycles. The summed E-state index contributed by atoms with van der Waals surface area (Å²) in [6, 6.07) is 16.4. The number of fused-ring (bicyclic) bond motifs is 1. The highest BCUT2D eigenvalue weighted by molar-refractivity contribution is 7.14. The predicted molar refractivity (Wildman–Crippen MR) is 144 cm³/mol. The minimum Gasteiger partial charge on any atom is -0.495 e. The van der Waals surface area contributed by atoms with Crippen molar-refractivity contribution in [1.82, 2.24) is 4.98 Å². The first kappa shape index (κ1) is 24.5. The van der Waals surface area contributed by atoms with E-state index in [4.69, 9.17) is 4.74 Å². The molecule has 0 spiro atoms. The Bertz CT molecular complexity index is 1470. The fourth-order valence-corrected chi connectivity index (χ4v) is 5.06. The van der Waals surface area contributed by atoms with Crippen LogP contribution in [0.5, 0.6) is 5.75 Å². The van der Waals surface area contributed by atoms with Gasteiger partial charge in [0.2, 0.25) is 0 Å². The predicted octanol–water partition coefficient (Wildman–Crippen LogP) is 5.84. The smallest absolute Gasteiger partial charge is 0.258 e. The van der Waals surface area contributed by atoms with Crippen LogP contribution >= 0.6 is 11.3 Å². The number of thiazole rings is 1. The number of hydrogen-bond acceptors (Lipinski definition) is 6. The third-order valence-corrected chi connectivity index (χ3v) is 7.12. The summed E-state index contributed by atoms with van der Waals surface area (Å²) >= 11 is 1.50. The number of benzene rings is 3. The van der Waals surface area contributed by atoms with E-state index in [-0.39, 0.29) is 17.6 Å². The summed E-state index contributed by atoms with van der Waals surface area (Å²) in [5.41, 5.74) is 4.77. The van der Waals surface area contributed by atoms with Crippen molar-refractivity contribution in [2.24, 2.45) is 0 Å². The van der Waals surface area contributed by atoms with E-state index < -0.39 is 0 Å². The van der Waals surface area contributed by atoms with Crippen LogP contribution in [-0.2, 0) is 6.42 Å². The van der Waals surface area contributed by atoms with E-state index >= 15 is 0 Å². The second-order valence-electron chi connectivity index (χ2n) is 8.57. The van der Waals surface area contributed by atoms with Gasteiger partial charge in [-0.05, 0) is 79.1 Å². The number of anilines is 3. The Balaban J connectivity index is 1.39. The Morgan fingerprint density at radius 2 is 1.84 bits per heavy atom. The molecule has 9 heteroatoms. The number of ether oxygens (including phenoxy) is 1. The van der Waals surface area contributed by atoms with Gasteiger partial charge in [-0.2, -0.15) is 0 Å². The van der Waals surface area contributed by atoms with E-state index in [0.29, 0.717) is 29.1 Å². The number of carbonyl (C=O) groups excluding carboxylic acids is 2. The minimum atomic E-state index is -0.386. The molecule has 5 rings (SSSR count). The first-order valence-electron chi connectivity index (χ1n) is 11.8.